The van der Waals surface area contributed by atoms with Gasteiger partial charge in [0.25, 0.3) is 0 Å². The zero-order valence-electron chi connectivity index (χ0n) is 10.6. The van der Waals surface area contributed by atoms with E-state index in [0.29, 0.717) is 12.0 Å². The van der Waals surface area contributed by atoms with Gasteiger partial charge in [-0.1, -0.05) is 6.92 Å². The van der Waals surface area contributed by atoms with Crippen LogP contribution in [0, 0.1) is 17.1 Å². The van der Waals surface area contributed by atoms with Gasteiger partial charge in [-0.25, -0.2) is 9.18 Å². The van der Waals surface area contributed by atoms with E-state index in [2.05, 4.69) is 10.6 Å². The Morgan fingerprint density at radius 2 is 2.32 bits per heavy atom. The molecule has 0 bridgehead atoms. The minimum Gasteiger partial charge on any atom is -0.394 e. The fourth-order valence-electron chi connectivity index (χ4n) is 1.47. The van der Waals surface area contributed by atoms with Crippen molar-refractivity contribution in [1.29, 1.82) is 5.26 Å². The van der Waals surface area contributed by atoms with E-state index in [-0.39, 0.29) is 24.8 Å². The molecular weight excluding hydrogens is 249 g/mol. The summed E-state index contributed by atoms with van der Waals surface area (Å²) in [4.78, 5) is 11.5. The molecule has 1 rings (SSSR count). The molecule has 1 atom stereocenters. The number of urea groups is 1. The molecule has 0 radical (unpaired) electrons. The minimum absolute atomic E-state index is 0.0188. The Hall–Kier alpha value is -2.13. The predicted molar refractivity (Wildman–Crippen MR) is 67.7 cm³/mol. The third kappa shape index (κ3) is 4.56. The van der Waals surface area contributed by atoms with Crippen molar-refractivity contribution in [2.75, 3.05) is 6.61 Å². The van der Waals surface area contributed by atoms with Gasteiger partial charge in [0.15, 0.2) is 0 Å². The van der Waals surface area contributed by atoms with Gasteiger partial charge >= 0.3 is 6.03 Å². The number of rotatable bonds is 5. The molecule has 3 N–H and O–H groups in total. The average Bonchev–Trinajstić information content (AvgIpc) is 2.43. The molecule has 0 saturated carbocycles. The van der Waals surface area contributed by atoms with Gasteiger partial charge in [-0.15, -0.1) is 0 Å². The fraction of sp³-hybridized carbons (Fsp3) is 0.385. The van der Waals surface area contributed by atoms with Crippen molar-refractivity contribution in [1.82, 2.24) is 10.6 Å². The van der Waals surface area contributed by atoms with Crippen LogP contribution in [0.5, 0.6) is 0 Å². The molecule has 19 heavy (non-hydrogen) atoms. The Morgan fingerprint density at radius 3 is 2.89 bits per heavy atom. The first-order valence-electron chi connectivity index (χ1n) is 5.94. The number of hydrogen-bond acceptors (Lipinski definition) is 3. The Kier molecular flexibility index (Phi) is 5.76. The van der Waals surface area contributed by atoms with Gasteiger partial charge in [0, 0.05) is 12.1 Å². The number of nitriles is 1. The van der Waals surface area contributed by atoms with E-state index in [1.807, 2.05) is 13.0 Å². The smallest absolute Gasteiger partial charge is 0.315 e. The lowest BCUT2D eigenvalue weighted by Crippen LogP contribution is -2.43. The topological polar surface area (TPSA) is 85.2 Å². The van der Waals surface area contributed by atoms with Crippen LogP contribution in [0.1, 0.15) is 24.5 Å². The van der Waals surface area contributed by atoms with Gasteiger partial charge in [0.05, 0.1) is 24.3 Å². The Morgan fingerprint density at radius 1 is 1.58 bits per heavy atom. The molecule has 0 spiro atoms. The summed E-state index contributed by atoms with van der Waals surface area (Å²) in [6.45, 7) is 1.66. The highest BCUT2D eigenvalue weighted by Crippen LogP contribution is 2.09. The Labute approximate surface area is 111 Å². The first-order chi connectivity index (χ1) is 9.10. The molecule has 0 unspecified atom stereocenters. The standard InChI is InChI=1S/C13H16FN3O2/c1-2-11(8-18)17-13(19)16-7-10-5-9(6-15)3-4-12(10)14/h3-5,11,18H,2,7-8H2,1H3,(H2,16,17,19)/t11-/m0/s1. The summed E-state index contributed by atoms with van der Waals surface area (Å²) in [6, 6.07) is 5.05. The molecule has 0 heterocycles. The van der Waals surface area contributed by atoms with Crippen LogP contribution >= 0.6 is 0 Å². The number of amides is 2. The molecule has 0 aliphatic rings. The maximum absolute atomic E-state index is 13.4. The molecular formula is C13H16FN3O2. The van der Waals surface area contributed by atoms with Crippen LogP contribution < -0.4 is 10.6 Å². The van der Waals surface area contributed by atoms with Crippen LogP contribution in [-0.4, -0.2) is 23.8 Å². The minimum atomic E-state index is -0.484. The summed E-state index contributed by atoms with van der Waals surface area (Å²) < 4.78 is 13.4. The number of halogens is 1. The van der Waals surface area contributed by atoms with Crippen LogP contribution in [0.4, 0.5) is 9.18 Å². The van der Waals surface area contributed by atoms with Gasteiger partial charge in [-0.2, -0.15) is 5.26 Å². The zero-order valence-corrected chi connectivity index (χ0v) is 10.6. The number of aliphatic hydroxyl groups is 1. The highest BCUT2D eigenvalue weighted by Gasteiger charge is 2.10. The van der Waals surface area contributed by atoms with Crippen molar-refractivity contribution in [2.24, 2.45) is 0 Å². The second kappa shape index (κ2) is 7.34. The van der Waals surface area contributed by atoms with Crippen molar-refractivity contribution in [3.63, 3.8) is 0 Å². The summed E-state index contributed by atoms with van der Waals surface area (Å²) >= 11 is 0. The number of carbonyl (C=O) groups is 1. The number of carbonyl (C=O) groups excluding carboxylic acids is 1. The lowest BCUT2D eigenvalue weighted by Gasteiger charge is -2.14. The van der Waals surface area contributed by atoms with Crippen molar-refractivity contribution in [2.45, 2.75) is 25.9 Å². The highest BCUT2D eigenvalue weighted by atomic mass is 19.1. The largest absolute Gasteiger partial charge is 0.394 e. The second-order valence-corrected chi connectivity index (χ2v) is 4.03. The molecule has 1 aromatic rings. The molecule has 0 saturated heterocycles. The van der Waals surface area contributed by atoms with Crippen molar-refractivity contribution < 1.29 is 14.3 Å². The van der Waals surface area contributed by atoms with Gasteiger partial charge < -0.3 is 15.7 Å². The Balaban J connectivity index is 2.57. The average molecular weight is 265 g/mol. The number of nitrogens with one attached hydrogen (secondary N) is 2. The summed E-state index contributed by atoms with van der Waals surface area (Å²) in [7, 11) is 0. The van der Waals surface area contributed by atoms with E-state index in [4.69, 9.17) is 10.4 Å². The summed E-state index contributed by atoms with van der Waals surface area (Å²) in [5.74, 6) is -0.478. The molecule has 102 valence electrons. The van der Waals surface area contributed by atoms with Crippen LogP contribution in [0.25, 0.3) is 0 Å². The van der Waals surface area contributed by atoms with Crippen molar-refractivity contribution >= 4 is 6.03 Å². The van der Waals surface area contributed by atoms with Gasteiger partial charge in [0.2, 0.25) is 0 Å². The molecule has 0 fully saturated rings. The number of hydrogen-bond donors (Lipinski definition) is 3. The highest BCUT2D eigenvalue weighted by molar-refractivity contribution is 5.74. The van der Waals surface area contributed by atoms with E-state index in [9.17, 15) is 9.18 Å². The van der Waals surface area contributed by atoms with Gasteiger partial charge in [-0.3, -0.25) is 0 Å². The van der Waals surface area contributed by atoms with Crippen LogP contribution in [0.3, 0.4) is 0 Å². The molecule has 2 amide bonds. The summed E-state index contributed by atoms with van der Waals surface area (Å²) in [6.07, 6.45) is 0.599. The zero-order chi connectivity index (χ0) is 14.3. The van der Waals surface area contributed by atoms with E-state index >= 15 is 0 Å². The number of nitrogens with zero attached hydrogens (tertiary/aromatic N) is 1. The molecule has 0 aromatic heterocycles. The predicted octanol–water partition coefficient (Wildman–Crippen LogP) is 1.27. The number of benzene rings is 1. The molecule has 0 aliphatic heterocycles. The monoisotopic (exact) mass is 265 g/mol. The first-order valence-corrected chi connectivity index (χ1v) is 5.94. The van der Waals surface area contributed by atoms with E-state index in [1.54, 1.807) is 0 Å². The van der Waals surface area contributed by atoms with Crippen LogP contribution in [-0.2, 0) is 6.54 Å². The molecule has 5 nitrogen and oxygen atoms in total. The Bertz CT molecular complexity index is 481. The van der Waals surface area contributed by atoms with E-state index < -0.39 is 11.8 Å². The molecule has 1 aromatic carbocycles. The lowest BCUT2D eigenvalue weighted by atomic mass is 10.1. The molecule has 0 aliphatic carbocycles. The summed E-state index contributed by atoms with van der Waals surface area (Å²) in [5, 5.41) is 22.7. The normalized spacial score (nSPS) is 11.5. The van der Waals surface area contributed by atoms with Crippen molar-refractivity contribution in [3.8, 4) is 6.07 Å². The van der Waals surface area contributed by atoms with E-state index in [0.717, 1.165) is 0 Å². The summed E-state index contributed by atoms with van der Waals surface area (Å²) in [5.41, 5.74) is 0.576. The number of aliphatic hydroxyl groups excluding tert-OH is 1. The van der Waals surface area contributed by atoms with Gasteiger partial charge in [-0.05, 0) is 24.6 Å². The van der Waals surface area contributed by atoms with Crippen LogP contribution in [0.15, 0.2) is 18.2 Å². The maximum Gasteiger partial charge on any atom is 0.315 e. The van der Waals surface area contributed by atoms with E-state index in [1.165, 1.54) is 18.2 Å². The lowest BCUT2D eigenvalue weighted by molar-refractivity contribution is 0.214. The second-order valence-electron chi connectivity index (χ2n) is 4.03. The third-order valence-electron chi connectivity index (χ3n) is 2.66. The fourth-order valence-corrected chi connectivity index (χ4v) is 1.47. The SMILES string of the molecule is CC[C@@H](CO)NC(=O)NCc1cc(C#N)ccc1F. The van der Waals surface area contributed by atoms with Crippen molar-refractivity contribution in [3.05, 3.63) is 35.1 Å². The van der Waals surface area contributed by atoms with Crippen LogP contribution in [0.2, 0.25) is 0 Å². The third-order valence-corrected chi connectivity index (χ3v) is 2.66. The quantitative estimate of drug-likeness (QED) is 0.749. The van der Waals surface area contributed by atoms with Gasteiger partial charge in [0.1, 0.15) is 5.82 Å². The first kappa shape index (κ1) is 14.9. The maximum atomic E-state index is 13.4. The molecule has 6 heteroatoms.